The monoisotopic (exact) mass is 354 g/mol. The van der Waals surface area contributed by atoms with Crippen molar-refractivity contribution in [1.29, 1.82) is 0 Å². The molecule has 25 heavy (non-hydrogen) atoms. The van der Waals surface area contributed by atoms with Crippen LogP contribution < -0.4 is 20.3 Å². The maximum Gasteiger partial charge on any atom is 0.416 e. The summed E-state index contributed by atoms with van der Waals surface area (Å²) in [5, 5.41) is 0. The molecule has 0 heterocycles. The zero-order valence-electron chi connectivity index (χ0n) is 13.6. The highest BCUT2D eigenvalue weighted by Gasteiger charge is 2.30. The number of methoxy groups -OCH3 is 1. The standard InChI is InChI=1S/C17H17F3N2O3/c1-11-6-7-14(15(8-11)24-2)25-10-16(23)22-21-13-5-3-4-12(9-13)17(18,19)20/h3-9,21H,10H2,1-2H3,(H,22,23). The molecule has 0 saturated heterocycles. The molecule has 0 aliphatic heterocycles. The Kier molecular flexibility index (Phi) is 5.74. The normalized spacial score (nSPS) is 10.9. The van der Waals surface area contributed by atoms with E-state index in [-0.39, 0.29) is 12.3 Å². The van der Waals surface area contributed by atoms with Gasteiger partial charge in [-0.05, 0) is 42.8 Å². The van der Waals surface area contributed by atoms with Crippen molar-refractivity contribution >= 4 is 11.6 Å². The van der Waals surface area contributed by atoms with Crippen LogP contribution in [0, 0.1) is 6.92 Å². The van der Waals surface area contributed by atoms with Gasteiger partial charge >= 0.3 is 6.18 Å². The SMILES string of the molecule is COc1cc(C)ccc1OCC(=O)NNc1cccc(C(F)(F)F)c1. The van der Waals surface area contributed by atoms with E-state index < -0.39 is 17.6 Å². The van der Waals surface area contributed by atoms with Crippen LogP contribution in [0.3, 0.4) is 0 Å². The molecule has 0 unspecified atom stereocenters. The maximum absolute atomic E-state index is 12.6. The molecule has 0 aromatic heterocycles. The summed E-state index contributed by atoms with van der Waals surface area (Å²) < 4.78 is 48.4. The highest BCUT2D eigenvalue weighted by Crippen LogP contribution is 2.30. The fourth-order valence-corrected chi connectivity index (χ4v) is 1.99. The molecule has 0 spiro atoms. The lowest BCUT2D eigenvalue weighted by molar-refractivity contribution is -0.137. The average molecular weight is 354 g/mol. The van der Waals surface area contributed by atoms with Crippen LogP contribution in [0.2, 0.25) is 0 Å². The fourth-order valence-electron chi connectivity index (χ4n) is 1.99. The molecule has 1 amide bonds. The molecule has 0 fully saturated rings. The van der Waals surface area contributed by atoms with E-state index in [1.165, 1.54) is 19.2 Å². The molecular weight excluding hydrogens is 337 g/mol. The minimum Gasteiger partial charge on any atom is -0.493 e. The number of alkyl halides is 3. The second-order valence-corrected chi connectivity index (χ2v) is 5.19. The molecule has 0 radical (unpaired) electrons. The van der Waals surface area contributed by atoms with Gasteiger partial charge in [0.1, 0.15) is 0 Å². The zero-order valence-corrected chi connectivity index (χ0v) is 13.6. The van der Waals surface area contributed by atoms with Gasteiger partial charge in [-0.25, -0.2) is 0 Å². The zero-order chi connectivity index (χ0) is 18.4. The van der Waals surface area contributed by atoms with Crippen molar-refractivity contribution < 1.29 is 27.4 Å². The number of nitrogens with one attached hydrogen (secondary N) is 2. The van der Waals surface area contributed by atoms with Gasteiger partial charge in [-0.15, -0.1) is 0 Å². The Morgan fingerprint density at radius 3 is 2.56 bits per heavy atom. The van der Waals surface area contributed by atoms with Crippen molar-refractivity contribution in [3.63, 3.8) is 0 Å². The molecule has 0 saturated carbocycles. The Balaban J connectivity index is 1.89. The van der Waals surface area contributed by atoms with E-state index >= 15 is 0 Å². The summed E-state index contributed by atoms with van der Waals surface area (Å²) in [6.07, 6.45) is -4.45. The third kappa shape index (κ3) is 5.30. The summed E-state index contributed by atoms with van der Waals surface area (Å²) in [5.74, 6) is 0.320. The third-order valence-corrected chi connectivity index (χ3v) is 3.21. The molecular formula is C17H17F3N2O3. The Morgan fingerprint density at radius 2 is 1.88 bits per heavy atom. The summed E-state index contributed by atoms with van der Waals surface area (Å²) in [7, 11) is 1.48. The molecule has 0 aliphatic carbocycles. The second kappa shape index (κ2) is 7.78. The molecule has 134 valence electrons. The summed E-state index contributed by atoms with van der Waals surface area (Å²) in [4.78, 5) is 11.8. The van der Waals surface area contributed by atoms with Crippen LogP contribution in [0.4, 0.5) is 18.9 Å². The highest BCUT2D eigenvalue weighted by atomic mass is 19.4. The van der Waals surface area contributed by atoms with E-state index in [1.807, 2.05) is 6.92 Å². The third-order valence-electron chi connectivity index (χ3n) is 3.21. The molecule has 2 rings (SSSR count). The van der Waals surface area contributed by atoms with Crippen molar-refractivity contribution in [3.8, 4) is 11.5 Å². The van der Waals surface area contributed by atoms with Crippen LogP contribution in [-0.4, -0.2) is 19.6 Å². The smallest absolute Gasteiger partial charge is 0.416 e. The van der Waals surface area contributed by atoms with E-state index in [4.69, 9.17) is 9.47 Å². The molecule has 2 aromatic rings. The molecule has 2 aromatic carbocycles. The van der Waals surface area contributed by atoms with E-state index in [9.17, 15) is 18.0 Å². The minimum absolute atomic E-state index is 0.107. The van der Waals surface area contributed by atoms with E-state index in [1.54, 1.807) is 18.2 Å². The van der Waals surface area contributed by atoms with E-state index in [2.05, 4.69) is 10.9 Å². The van der Waals surface area contributed by atoms with Crippen molar-refractivity contribution in [1.82, 2.24) is 5.43 Å². The molecule has 2 N–H and O–H groups in total. The quantitative estimate of drug-likeness (QED) is 0.779. The van der Waals surface area contributed by atoms with Gasteiger partial charge in [0.25, 0.3) is 5.91 Å². The lowest BCUT2D eigenvalue weighted by Gasteiger charge is -2.13. The second-order valence-electron chi connectivity index (χ2n) is 5.19. The highest BCUT2D eigenvalue weighted by molar-refractivity contribution is 5.79. The predicted molar refractivity (Wildman–Crippen MR) is 86.4 cm³/mol. The van der Waals surface area contributed by atoms with Gasteiger partial charge in [0.15, 0.2) is 18.1 Å². The Morgan fingerprint density at radius 1 is 1.12 bits per heavy atom. The van der Waals surface area contributed by atoms with Gasteiger partial charge in [0.05, 0.1) is 18.4 Å². The van der Waals surface area contributed by atoms with Crippen molar-refractivity contribution in [3.05, 3.63) is 53.6 Å². The minimum atomic E-state index is -4.45. The van der Waals surface area contributed by atoms with Crippen molar-refractivity contribution in [2.24, 2.45) is 0 Å². The number of carbonyl (C=O) groups excluding carboxylic acids is 1. The van der Waals surface area contributed by atoms with Crippen LogP contribution in [0.1, 0.15) is 11.1 Å². The molecule has 8 heteroatoms. The first-order chi connectivity index (χ1) is 11.8. The lowest BCUT2D eigenvalue weighted by atomic mass is 10.2. The summed E-state index contributed by atoms with van der Waals surface area (Å²) in [5.41, 5.74) is 4.96. The summed E-state index contributed by atoms with van der Waals surface area (Å²) >= 11 is 0. The first kappa shape index (κ1) is 18.4. The predicted octanol–water partition coefficient (Wildman–Crippen LogP) is 3.54. The fraction of sp³-hybridized carbons (Fsp3) is 0.235. The number of carbonyl (C=O) groups is 1. The Hall–Kier alpha value is -2.90. The Labute approximate surface area is 142 Å². The first-order valence-electron chi connectivity index (χ1n) is 7.29. The number of hydrazine groups is 1. The molecule has 0 atom stereocenters. The van der Waals surface area contributed by atoms with Gasteiger partial charge in [-0.1, -0.05) is 12.1 Å². The first-order valence-corrected chi connectivity index (χ1v) is 7.29. The van der Waals surface area contributed by atoms with Gasteiger partial charge in [-0.3, -0.25) is 15.6 Å². The van der Waals surface area contributed by atoms with Gasteiger partial charge in [0, 0.05) is 0 Å². The van der Waals surface area contributed by atoms with Crippen LogP contribution >= 0.6 is 0 Å². The summed E-state index contributed by atoms with van der Waals surface area (Å²) in [6.45, 7) is 1.56. The molecule has 5 nitrogen and oxygen atoms in total. The van der Waals surface area contributed by atoms with Crippen molar-refractivity contribution in [2.45, 2.75) is 13.1 Å². The van der Waals surface area contributed by atoms with Gasteiger partial charge in [-0.2, -0.15) is 13.2 Å². The number of ether oxygens (including phenoxy) is 2. The molecule has 0 aliphatic rings. The number of rotatable bonds is 6. The number of benzene rings is 2. The number of hydrogen-bond donors (Lipinski definition) is 2. The molecule has 0 bridgehead atoms. The maximum atomic E-state index is 12.6. The largest absolute Gasteiger partial charge is 0.493 e. The number of anilines is 1. The average Bonchev–Trinajstić information content (AvgIpc) is 2.58. The van der Waals surface area contributed by atoms with Crippen molar-refractivity contribution in [2.75, 3.05) is 19.1 Å². The Bertz CT molecular complexity index is 748. The van der Waals surface area contributed by atoms with E-state index in [0.29, 0.717) is 11.5 Å². The van der Waals surface area contributed by atoms with Crippen LogP contribution in [-0.2, 0) is 11.0 Å². The summed E-state index contributed by atoms with van der Waals surface area (Å²) in [6, 6.07) is 9.71. The van der Waals surface area contributed by atoms with Gasteiger partial charge in [0.2, 0.25) is 0 Å². The number of amides is 1. The van der Waals surface area contributed by atoms with Crippen LogP contribution in [0.5, 0.6) is 11.5 Å². The van der Waals surface area contributed by atoms with Crippen LogP contribution in [0.25, 0.3) is 0 Å². The topological polar surface area (TPSA) is 59.6 Å². The number of hydrogen-bond acceptors (Lipinski definition) is 4. The lowest BCUT2D eigenvalue weighted by Crippen LogP contribution is -2.33. The number of aryl methyl sites for hydroxylation is 1. The number of halogens is 3. The van der Waals surface area contributed by atoms with Crippen LogP contribution in [0.15, 0.2) is 42.5 Å². The van der Waals surface area contributed by atoms with E-state index in [0.717, 1.165) is 17.7 Å². The van der Waals surface area contributed by atoms with Gasteiger partial charge < -0.3 is 9.47 Å².